The van der Waals surface area contributed by atoms with Gasteiger partial charge in [-0.2, -0.15) is 0 Å². The van der Waals surface area contributed by atoms with Crippen molar-refractivity contribution in [1.82, 2.24) is 15.4 Å². The van der Waals surface area contributed by atoms with Gasteiger partial charge in [-0.3, -0.25) is 10.0 Å². The molecule has 2 aliphatic rings. The Hall–Kier alpha value is -1.53. The van der Waals surface area contributed by atoms with Gasteiger partial charge in [-0.25, -0.2) is 15.4 Å². The van der Waals surface area contributed by atoms with Gasteiger partial charge >= 0.3 is 0 Å². The minimum Gasteiger partial charge on any atom is -0.377 e. The summed E-state index contributed by atoms with van der Waals surface area (Å²) in [5, 5.41) is 8.49. The average molecular weight is 263 g/mol. The normalized spacial score (nSPS) is 28.6. The highest BCUT2D eigenvalue weighted by atomic mass is 16.5. The monoisotopic (exact) mass is 263 g/mol. The molecule has 0 spiro atoms. The molecule has 2 N–H and O–H groups in total. The van der Waals surface area contributed by atoms with Crippen molar-refractivity contribution < 1.29 is 14.7 Å². The van der Waals surface area contributed by atoms with Gasteiger partial charge < -0.3 is 4.74 Å². The molecule has 1 saturated heterocycles. The number of rotatable bonds is 4. The van der Waals surface area contributed by atoms with Crippen LogP contribution in [0.5, 0.6) is 0 Å². The number of amides is 1. The van der Waals surface area contributed by atoms with Crippen LogP contribution in [0.1, 0.15) is 35.4 Å². The van der Waals surface area contributed by atoms with Crippen molar-refractivity contribution in [3.63, 3.8) is 0 Å². The topological polar surface area (TPSA) is 84.3 Å². The smallest absolute Gasteiger partial charge is 0.277 e. The van der Waals surface area contributed by atoms with Crippen LogP contribution < -0.4 is 5.48 Å². The molecule has 2 fully saturated rings. The zero-order valence-electron chi connectivity index (χ0n) is 10.6. The predicted molar refractivity (Wildman–Crippen MR) is 65.6 cm³/mol. The lowest BCUT2D eigenvalue weighted by Gasteiger charge is -2.30. The molecule has 1 amide bonds. The molecule has 1 aliphatic heterocycles. The van der Waals surface area contributed by atoms with Crippen LogP contribution >= 0.6 is 0 Å². The third-order valence-corrected chi connectivity index (χ3v) is 4.10. The molecule has 2 unspecified atom stereocenters. The molecule has 1 saturated carbocycles. The molecule has 1 aromatic rings. The minimum atomic E-state index is -0.587. The third-order valence-electron chi connectivity index (χ3n) is 4.10. The number of nitrogens with zero attached hydrogens (tertiary/aromatic N) is 2. The molecule has 6 nitrogen and oxygen atoms in total. The van der Waals surface area contributed by atoms with Gasteiger partial charge in [0, 0.05) is 24.7 Å². The molecule has 1 aromatic heterocycles. The van der Waals surface area contributed by atoms with Crippen molar-refractivity contribution in [2.24, 2.45) is 11.8 Å². The van der Waals surface area contributed by atoms with Crippen LogP contribution in [0, 0.1) is 11.8 Å². The van der Waals surface area contributed by atoms with E-state index in [9.17, 15) is 4.79 Å². The number of fused-ring (bicyclic) bond motifs is 1. The van der Waals surface area contributed by atoms with E-state index in [0.29, 0.717) is 12.0 Å². The first-order valence-electron chi connectivity index (χ1n) is 6.63. The Kier molecular flexibility index (Phi) is 3.44. The Morgan fingerprint density at radius 3 is 2.74 bits per heavy atom. The largest absolute Gasteiger partial charge is 0.377 e. The Balaban J connectivity index is 1.51. The number of nitrogens with one attached hydrogen (secondary N) is 1. The Labute approximate surface area is 111 Å². The maximum absolute atomic E-state index is 11.1. The lowest BCUT2D eigenvalue weighted by Crippen LogP contribution is -2.34. The van der Waals surface area contributed by atoms with Crippen molar-refractivity contribution >= 4 is 5.91 Å². The van der Waals surface area contributed by atoms with Crippen LogP contribution in [-0.4, -0.2) is 33.8 Å². The maximum Gasteiger partial charge on any atom is 0.277 e. The van der Waals surface area contributed by atoms with Crippen LogP contribution in [-0.2, 0) is 11.2 Å². The summed E-state index contributed by atoms with van der Waals surface area (Å²) in [5.74, 6) is 1.65. The summed E-state index contributed by atoms with van der Waals surface area (Å²) in [4.78, 5) is 19.4. The van der Waals surface area contributed by atoms with Crippen molar-refractivity contribution in [2.45, 2.75) is 31.8 Å². The van der Waals surface area contributed by atoms with Crippen molar-refractivity contribution in [1.29, 1.82) is 0 Å². The number of hydrogen-bond donors (Lipinski definition) is 2. The second-order valence-corrected chi connectivity index (χ2v) is 5.34. The van der Waals surface area contributed by atoms with Gasteiger partial charge in [0.15, 0.2) is 0 Å². The summed E-state index contributed by atoms with van der Waals surface area (Å²) in [6.07, 6.45) is 7.70. The van der Waals surface area contributed by atoms with E-state index >= 15 is 0 Å². The number of hydroxylamine groups is 1. The highest BCUT2D eigenvalue weighted by Crippen LogP contribution is 2.41. The van der Waals surface area contributed by atoms with Gasteiger partial charge in [0.2, 0.25) is 0 Å². The maximum atomic E-state index is 11.1. The number of aryl methyl sites for hydroxylation is 1. The molecule has 0 bridgehead atoms. The molecule has 19 heavy (non-hydrogen) atoms. The molecule has 3 rings (SSSR count). The van der Waals surface area contributed by atoms with Crippen molar-refractivity contribution in [3.05, 3.63) is 23.8 Å². The summed E-state index contributed by atoms with van der Waals surface area (Å²) >= 11 is 0. The molecule has 0 radical (unpaired) electrons. The first-order valence-corrected chi connectivity index (χ1v) is 6.63. The van der Waals surface area contributed by atoms with E-state index < -0.39 is 5.91 Å². The SMILES string of the molecule is O=C(NO)c1cnc(CCC2CC3CO[C@@H]3C2)nc1. The highest BCUT2D eigenvalue weighted by molar-refractivity contribution is 5.92. The van der Waals surface area contributed by atoms with E-state index in [-0.39, 0.29) is 5.56 Å². The highest BCUT2D eigenvalue weighted by Gasteiger charge is 2.41. The van der Waals surface area contributed by atoms with Crippen molar-refractivity contribution in [3.8, 4) is 0 Å². The van der Waals surface area contributed by atoms with Crippen molar-refractivity contribution in [2.75, 3.05) is 6.61 Å². The average Bonchev–Trinajstić information content (AvgIpc) is 2.72. The molecule has 102 valence electrons. The summed E-state index contributed by atoms with van der Waals surface area (Å²) in [6.45, 7) is 0.933. The molecule has 2 heterocycles. The second-order valence-electron chi connectivity index (χ2n) is 5.34. The first-order chi connectivity index (χ1) is 9.26. The number of carbonyl (C=O) groups is 1. The van der Waals surface area contributed by atoms with Gasteiger partial charge in [-0.15, -0.1) is 0 Å². The van der Waals surface area contributed by atoms with Gasteiger partial charge in [0.1, 0.15) is 5.82 Å². The van der Waals surface area contributed by atoms with E-state index in [1.807, 2.05) is 0 Å². The van der Waals surface area contributed by atoms with Crippen LogP contribution in [0.3, 0.4) is 0 Å². The predicted octanol–water partition coefficient (Wildman–Crippen LogP) is 0.953. The first kappa shape index (κ1) is 12.5. The number of hydrogen-bond acceptors (Lipinski definition) is 5. The molecular weight excluding hydrogens is 246 g/mol. The number of carbonyl (C=O) groups excluding carboxylic acids is 1. The third kappa shape index (κ3) is 2.59. The standard InChI is InChI=1S/C13H17N3O3/c17-13(16-18)10-5-14-12(15-6-10)2-1-8-3-9-7-19-11(9)4-8/h5-6,8-9,11,18H,1-4,7H2,(H,16,17)/t8?,9?,11-/m1/s1. The Morgan fingerprint density at radius 2 is 2.21 bits per heavy atom. The molecule has 0 aromatic carbocycles. The summed E-state index contributed by atoms with van der Waals surface area (Å²) in [6, 6.07) is 0. The summed E-state index contributed by atoms with van der Waals surface area (Å²) < 4.78 is 5.49. The Morgan fingerprint density at radius 1 is 1.42 bits per heavy atom. The van der Waals surface area contributed by atoms with Crippen LogP contribution in [0.2, 0.25) is 0 Å². The van der Waals surface area contributed by atoms with E-state index in [1.165, 1.54) is 18.8 Å². The van der Waals surface area contributed by atoms with E-state index in [4.69, 9.17) is 9.94 Å². The van der Waals surface area contributed by atoms with Crippen LogP contribution in [0.4, 0.5) is 0 Å². The molecular formula is C13H17N3O3. The fourth-order valence-electron chi connectivity index (χ4n) is 2.94. The van der Waals surface area contributed by atoms with Gasteiger partial charge in [-0.05, 0) is 25.2 Å². The van der Waals surface area contributed by atoms with Crippen LogP contribution in [0.15, 0.2) is 12.4 Å². The number of ether oxygens (including phenoxy) is 1. The molecule has 3 atom stereocenters. The summed E-state index contributed by atoms with van der Waals surface area (Å²) in [5.41, 5.74) is 1.82. The van der Waals surface area contributed by atoms with Gasteiger partial charge in [-0.1, -0.05) is 0 Å². The zero-order valence-corrected chi connectivity index (χ0v) is 10.6. The van der Waals surface area contributed by atoms with E-state index in [1.54, 1.807) is 5.48 Å². The fraction of sp³-hybridized carbons (Fsp3) is 0.615. The lowest BCUT2D eigenvalue weighted by atomic mass is 9.99. The van der Waals surface area contributed by atoms with Crippen LogP contribution in [0.25, 0.3) is 0 Å². The van der Waals surface area contributed by atoms with E-state index in [0.717, 1.165) is 37.6 Å². The minimum absolute atomic E-state index is 0.263. The fourth-order valence-corrected chi connectivity index (χ4v) is 2.94. The molecule has 6 heteroatoms. The molecule has 1 aliphatic carbocycles. The van der Waals surface area contributed by atoms with Gasteiger partial charge in [0.25, 0.3) is 5.91 Å². The summed E-state index contributed by atoms with van der Waals surface area (Å²) in [7, 11) is 0. The van der Waals surface area contributed by atoms with E-state index in [2.05, 4.69) is 9.97 Å². The quantitative estimate of drug-likeness (QED) is 0.624. The number of aromatic nitrogens is 2. The lowest BCUT2D eigenvalue weighted by molar-refractivity contribution is -0.0941. The second kappa shape index (κ2) is 5.22. The Bertz CT molecular complexity index is 451. The zero-order chi connectivity index (χ0) is 13.2. The van der Waals surface area contributed by atoms with Gasteiger partial charge in [0.05, 0.1) is 18.3 Å².